The summed E-state index contributed by atoms with van der Waals surface area (Å²) in [5, 5.41) is 9.77. The molecule has 0 radical (unpaired) electrons. The number of ether oxygens (including phenoxy) is 1. The monoisotopic (exact) mass is 529 g/mol. The highest BCUT2D eigenvalue weighted by Crippen LogP contribution is 2.24. The van der Waals surface area contributed by atoms with Crippen molar-refractivity contribution in [3.8, 4) is 5.75 Å². The number of hydrogen-bond acceptors (Lipinski definition) is 5. The van der Waals surface area contributed by atoms with Gasteiger partial charge in [0.1, 0.15) is 5.75 Å². The van der Waals surface area contributed by atoms with Crippen LogP contribution in [0.1, 0.15) is 43.4 Å². The molecule has 1 aromatic carbocycles. The molecule has 1 fully saturated rings. The van der Waals surface area contributed by atoms with Gasteiger partial charge in [0, 0.05) is 33.1 Å². The number of aliphatic imine (C=N–C) groups is 1. The minimum absolute atomic E-state index is 0. The highest BCUT2D eigenvalue weighted by atomic mass is 127. The van der Waals surface area contributed by atoms with E-state index in [1.807, 2.05) is 19.0 Å². The third-order valence-corrected chi connectivity index (χ3v) is 5.85. The molecule has 6 nitrogen and oxygen atoms in total. The van der Waals surface area contributed by atoms with E-state index < -0.39 is 0 Å². The fourth-order valence-corrected chi connectivity index (χ4v) is 4.03. The number of thiazole rings is 1. The Balaban J connectivity index is 0.00000300. The summed E-state index contributed by atoms with van der Waals surface area (Å²) in [6, 6.07) is 8.34. The van der Waals surface area contributed by atoms with Gasteiger partial charge in [-0.05, 0) is 43.4 Å². The second-order valence-electron chi connectivity index (χ2n) is 7.32. The Hall–Kier alpha value is -1.55. The van der Waals surface area contributed by atoms with Gasteiger partial charge in [-0.25, -0.2) is 4.98 Å². The highest BCUT2D eigenvalue weighted by Gasteiger charge is 2.14. The summed E-state index contributed by atoms with van der Waals surface area (Å²) < 4.78 is 6.17. The molecule has 0 saturated heterocycles. The van der Waals surface area contributed by atoms with Crippen LogP contribution in [0, 0.1) is 0 Å². The van der Waals surface area contributed by atoms with E-state index in [1.165, 1.54) is 37.7 Å². The lowest BCUT2D eigenvalue weighted by atomic mass is 9.98. The highest BCUT2D eigenvalue weighted by molar-refractivity contribution is 14.0. The zero-order valence-corrected chi connectivity index (χ0v) is 20.6. The first-order chi connectivity index (χ1) is 13.6. The number of rotatable bonds is 7. The lowest BCUT2D eigenvalue weighted by molar-refractivity contribution is 0.155. The molecule has 0 amide bonds. The fraction of sp³-hybridized carbons (Fsp3) is 0.524. The Kier molecular flexibility index (Phi) is 9.99. The Morgan fingerprint density at radius 1 is 1.21 bits per heavy atom. The molecular formula is C21H32IN5OS. The van der Waals surface area contributed by atoms with Crippen LogP contribution in [0.25, 0.3) is 0 Å². The third-order valence-electron chi connectivity index (χ3n) is 4.80. The summed E-state index contributed by atoms with van der Waals surface area (Å²) in [5.41, 5.74) is 2.19. The molecule has 2 aromatic rings. The lowest BCUT2D eigenvalue weighted by Crippen LogP contribution is -2.36. The minimum Gasteiger partial charge on any atom is -0.490 e. The molecule has 8 heteroatoms. The van der Waals surface area contributed by atoms with E-state index in [2.05, 4.69) is 50.3 Å². The van der Waals surface area contributed by atoms with Gasteiger partial charge in [0.15, 0.2) is 11.1 Å². The van der Waals surface area contributed by atoms with E-state index in [-0.39, 0.29) is 24.0 Å². The molecule has 29 heavy (non-hydrogen) atoms. The Morgan fingerprint density at radius 3 is 2.66 bits per heavy atom. The van der Waals surface area contributed by atoms with E-state index in [1.54, 1.807) is 18.4 Å². The van der Waals surface area contributed by atoms with Crippen LogP contribution < -0.4 is 20.3 Å². The van der Waals surface area contributed by atoms with E-state index >= 15 is 0 Å². The average Bonchev–Trinajstić information content (AvgIpc) is 3.19. The van der Waals surface area contributed by atoms with Gasteiger partial charge in [0.25, 0.3) is 0 Å². The molecule has 0 spiro atoms. The molecule has 1 heterocycles. The minimum atomic E-state index is 0. The van der Waals surface area contributed by atoms with Gasteiger partial charge in [0.05, 0.1) is 18.3 Å². The zero-order valence-electron chi connectivity index (χ0n) is 17.5. The van der Waals surface area contributed by atoms with Crippen LogP contribution in [0.15, 0.2) is 34.6 Å². The topological polar surface area (TPSA) is 61.8 Å². The number of anilines is 1. The van der Waals surface area contributed by atoms with Crippen LogP contribution in [0.2, 0.25) is 0 Å². The first-order valence-corrected chi connectivity index (χ1v) is 10.8. The predicted octanol–water partition coefficient (Wildman–Crippen LogP) is 4.40. The summed E-state index contributed by atoms with van der Waals surface area (Å²) in [5.74, 6) is 1.73. The molecule has 0 atom stereocenters. The maximum absolute atomic E-state index is 6.17. The van der Waals surface area contributed by atoms with Crippen LogP contribution in [0.3, 0.4) is 0 Å². The fourth-order valence-electron chi connectivity index (χ4n) is 3.27. The van der Waals surface area contributed by atoms with Crippen molar-refractivity contribution in [1.82, 2.24) is 15.6 Å². The second-order valence-corrected chi connectivity index (χ2v) is 8.16. The van der Waals surface area contributed by atoms with E-state index in [0.29, 0.717) is 19.2 Å². The molecule has 1 aromatic heterocycles. The van der Waals surface area contributed by atoms with Gasteiger partial charge in [0.2, 0.25) is 0 Å². The quantitative estimate of drug-likeness (QED) is 0.316. The lowest BCUT2D eigenvalue weighted by Gasteiger charge is -2.23. The van der Waals surface area contributed by atoms with Crippen molar-refractivity contribution in [2.45, 2.75) is 51.3 Å². The molecule has 3 rings (SSSR count). The molecular weight excluding hydrogens is 497 g/mol. The smallest absolute Gasteiger partial charge is 0.191 e. The Morgan fingerprint density at radius 2 is 1.97 bits per heavy atom. The normalized spacial score (nSPS) is 14.8. The number of nitrogens with zero attached hydrogens (tertiary/aromatic N) is 3. The van der Waals surface area contributed by atoms with E-state index in [0.717, 1.165) is 22.5 Å². The maximum atomic E-state index is 6.17. The van der Waals surface area contributed by atoms with Crippen LogP contribution in [-0.2, 0) is 13.1 Å². The zero-order chi connectivity index (χ0) is 19.8. The average molecular weight is 529 g/mol. The van der Waals surface area contributed by atoms with Crippen LogP contribution in [0.4, 0.5) is 5.13 Å². The first-order valence-electron chi connectivity index (χ1n) is 9.96. The molecule has 0 aliphatic heterocycles. The Bertz CT molecular complexity index is 774. The van der Waals surface area contributed by atoms with Gasteiger partial charge >= 0.3 is 0 Å². The standard InChI is InChI=1S/C21H31N5OS.HI/c1-22-20(24-14-17-15-28-21(25-17)26(2)3)23-13-16-8-7-11-19(12-16)27-18-9-5-4-6-10-18;/h7-8,11-12,15,18H,4-6,9-10,13-14H2,1-3H3,(H2,22,23,24);1H. The van der Waals surface area contributed by atoms with Crippen molar-refractivity contribution < 1.29 is 4.74 Å². The summed E-state index contributed by atoms with van der Waals surface area (Å²) >= 11 is 1.64. The maximum Gasteiger partial charge on any atom is 0.191 e. The van der Waals surface area contributed by atoms with Gasteiger partial charge < -0.3 is 20.3 Å². The van der Waals surface area contributed by atoms with Crippen LogP contribution in [-0.4, -0.2) is 38.2 Å². The number of aromatic nitrogens is 1. The van der Waals surface area contributed by atoms with Gasteiger partial charge in [-0.3, -0.25) is 4.99 Å². The molecule has 0 unspecified atom stereocenters. The van der Waals surface area contributed by atoms with Gasteiger partial charge in [-0.2, -0.15) is 0 Å². The third kappa shape index (κ3) is 7.65. The van der Waals surface area contributed by atoms with E-state index in [4.69, 9.17) is 4.74 Å². The summed E-state index contributed by atoms with van der Waals surface area (Å²) in [7, 11) is 5.79. The Labute approximate surface area is 195 Å². The second kappa shape index (κ2) is 12.2. The van der Waals surface area contributed by atoms with Gasteiger partial charge in [-0.15, -0.1) is 35.3 Å². The van der Waals surface area contributed by atoms with Crippen molar-refractivity contribution in [1.29, 1.82) is 0 Å². The van der Waals surface area contributed by atoms with Crippen LogP contribution >= 0.6 is 35.3 Å². The predicted molar refractivity (Wildman–Crippen MR) is 133 cm³/mol. The molecule has 1 aliphatic carbocycles. The molecule has 1 aliphatic rings. The summed E-state index contributed by atoms with van der Waals surface area (Å²) in [6.07, 6.45) is 6.62. The summed E-state index contributed by atoms with van der Waals surface area (Å²) in [4.78, 5) is 10.9. The molecule has 0 bridgehead atoms. The molecule has 2 N–H and O–H groups in total. The van der Waals surface area contributed by atoms with Crippen molar-refractivity contribution in [3.05, 3.63) is 40.9 Å². The molecule has 1 saturated carbocycles. The largest absolute Gasteiger partial charge is 0.490 e. The van der Waals surface area contributed by atoms with Crippen molar-refractivity contribution in [3.63, 3.8) is 0 Å². The number of hydrogen-bond donors (Lipinski definition) is 2. The van der Waals surface area contributed by atoms with Crippen LogP contribution in [0.5, 0.6) is 5.75 Å². The first kappa shape index (κ1) is 23.7. The number of halogens is 1. The number of guanidine groups is 1. The van der Waals surface area contributed by atoms with Crippen molar-refractivity contribution >= 4 is 46.4 Å². The number of nitrogens with one attached hydrogen (secondary N) is 2. The summed E-state index contributed by atoms with van der Waals surface area (Å²) in [6.45, 7) is 1.34. The van der Waals surface area contributed by atoms with E-state index in [9.17, 15) is 0 Å². The van der Waals surface area contributed by atoms with Gasteiger partial charge in [-0.1, -0.05) is 18.6 Å². The van der Waals surface area contributed by atoms with Crippen molar-refractivity contribution in [2.24, 2.45) is 4.99 Å². The molecule has 160 valence electrons. The SMILES string of the molecule is CN=C(NCc1cccc(OC2CCCCC2)c1)NCc1csc(N(C)C)n1.I. The van der Waals surface area contributed by atoms with Crippen molar-refractivity contribution in [2.75, 3.05) is 26.0 Å². The number of benzene rings is 1.